The van der Waals surface area contributed by atoms with Gasteiger partial charge in [0.05, 0.1) is 5.02 Å². The molecule has 0 aliphatic carbocycles. The molecule has 2 rings (SSSR count). The van der Waals surface area contributed by atoms with E-state index in [0.29, 0.717) is 11.8 Å². The number of rotatable bonds is 4. The Hall–Kier alpha value is -1.94. The summed E-state index contributed by atoms with van der Waals surface area (Å²) in [4.78, 5) is 10.6. The van der Waals surface area contributed by atoms with Crippen LogP contribution in [0.5, 0.6) is 5.75 Å². The molecule has 0 aliphatic rings. The lowest BCUT2D eigenvalue weighted by Crippen LogP contribution is -1.97. The molecule has 2 aromatic carbocycles. The van der Waals surface area contributed by atoms with Crippen molar-refractivity contribution in [3.8, 4) is 5.75 Å². The second-order valence-corrected chi connectivity index (χ2v) is 4.28. The van der Waals surface area contributed by atoms with Gasteiger partial charge in [0, 0.05) is 11.6 Å². The quantitative estimate of drug-likeness (QED) is 0.792. The van der Waals surface area contributed by atoms with E-state index >= 15 is 0 Å². The summed E-state index contributed by atoms with van der Waals surface area (Å²) in [7, 11) is 0. The molecule has 0 atom stereocenters. The summed E-state index contributed by atoms with van der Waals surface area (Å²) < 4.78 is 31.4. The van der Waals surface area contributed by atoms with Gasteiger partial charge in [-0.3, -0.25) is 4.79 Å². The minimum absolute atomic E-state index is 0.00563. The maximum Gasteiger partial charge on any atom is 0.150 e. The van der Waals surface area contributed by atoms with Gasteiger partial charge in [-0.2, -0.15) is 0 Å². The first kappa shape index (κ1) is 13.5. The van der Waals surface area contributed by atoms with Crippen molar-refractivity contribution in [2.75, 3.05) is 0 Å². The summed E-state index contributed by atoms with van der Waals surface area (Å²) >= 11 is 5.63. The molecule has 0 fully saturated rings. The van der Waals surface area contributed by atoms with Gasteiger partial charge in [-0.1, -0.05) is 17.7 Å². The van der Waals surface area contributed by atoms with Crippen LogP contribution in [0.15, 0.2) is 36.4 Å². The summed E-state index contributed by atoms with van der Waals surface area (Å²) in [6.07, 6.45) is 0.532. The molecule has 0 unspecified atom stereocenters. The lowest BCUT2D eigenvalue weighted by molar-refractivity contribution is 0.112. The van der Waals surface area contributed by atoms with Crippen LogP contribution in [0.2, 0.25) is 5.02 Å². The minimum atomic E-state index is -0.559. The van der Waals surface area contributed by atoms with Gasteiger partial charge in [0.25, 0.3) is 0 Å². The smallest absolute Gasteiger partial charge is 0.150 e. The highest BCUT2D eigenvalue weighted by molar-refractivity contribution is 6.30. The fourth-order valence-corrected chi connectivity index (χ4v) is 1.73. The summed E-state index contributed by atoms with van der Waals surface area (Å²) in [5.41, 5.74) is 0.829. The van der Waals surface area contributed by atoms with Gasteiger partial charge < -0.3 is 4.74 Å². The predicted molar refractivity (Wildman–Crippen MR) is 67.5 cm³/mol. The Kier molecular flexibility index (Phi) is 4.12. The van der Waals surface area contributed by atoms with Crippen molar-refractivity contribution >= 4 is 17.9 Å². The third-order valence-corrected chi connectivity index (χ3v) is 2.71. The van der Waals surface area contributed by atoms with Crippen LogP contribution in [0.3, 0.4) is 0 Å². The molecule has 5 heteroatoms. The van der Waals surface area contributed by atoms with E-state index in [4.69, 9.17) is 16.3 Å². The van der Waals surface area contributed by atoms with E-state index in [-0.39, 0.29) is 22.9 Å². The van der Waals surface area contributed by atoms with Gasteiger partial charge in [-0.05, 0) is 29.8 Å². The Labute approximate surface area is 113 Å². The van der Waals surface area contributed by atoms with Crippen LogP contribution in [0.25, 0.3) is 0 Å². The molecule has 19 heavy (non-hydrogen) atoms. The van der Waals surface area contributed by atoms with E-state index in [0.717, 1.165) is 12.1 Å². The molecular weight excluding hydrogens is 274 g/mol. The highest BCUT2D eigenvalue weighted by atomic mass is 35.5. The Morgan fingerprint density at radius 3 is 2.63 bits per heavy atom. The van der Waals surface area contributed by atoms with Gasteiger partial charge in [0.15, 0.2) is 0 Å². The van der Waals surface area contributed by atoms with Crippen LogP contribution < -0.4 is 4.74 Å². The standard InChI is InChI=1S/C14H9ClF2O2/c15-13-5-9(1-2-14(13)17)8-19-12-4-10(7-18)3-11(16)6-12/h1-7H,8H2. The molecule has 2 aromatic rings. The normalized spacial score (nSPS) is 10.3. The Morgan fingerprint density at radius 1 is 1.16 bits per heavy atom. The molecule has 0 radical (unpaired) electrons. The number of hydrogen-bond donors (Lipinski definition) is 0. The first-order valence-electron chi connectivity index (χ1n) is 5.41. The number of benzene rings is 2. The molecule has 0 heterocycles. The number of hydrogen-bond acceptors (Lipinski definition) is 2. The number of ether oxygens (including phenoxy) is 1. The van der Waals surface area contributed by atoms with E-state index in [1.54, 1.807) is 0 Å². The number of halogens is 3. The predicted octanol–water partition coefficient (Wildman–Crippen LogP) is 4.01. The third-order valence-electron chi connectivity index (χ3n) is 2.42. The maximum atomic E-state index is 13.1. The van der Waals surface area contributed by atoms with Gasteiger partial charge in [0.2, 0.25) is 0 Å². The monoisotopic (exact) mass is 282 g/mol. The van der Waals surface area contributed by atoms with Crippen LogP contribution in [-0.2, 0) is 6.61 Å². The summed E-state index contributed by atoms with van der Waals surface area (Å²) in [5.74, 6) is -0.848. The minimum Gasteiger partial charge on any atom is -0.489 e. The Bertz CT molecular complexity index is 614. The number of carbonyl (C=O) groups is 1. The van der Waals surface area contributed by atoms with Crippen molar-refractivity contribution in [3.05, 3.63) is 64.2 Å². The number of aldehydes is 1. The molecule has 0 N–H and O–H groups in total. The van der Waals surface area contributed by atoms with Crippen molar-refractivity contribution in [1.29, 1.82) is 0 Å². The largest absolute Gasteiger partial charge is 0.489 e. The molecule has 0 bridgehead atoms. The van der Waals surface area contributed by atoms with E-state index in [1.807, 2.05) is 0 Å². The molecule has 2 nitrogen and oxygen atoms in total. The molecule has 0 spiro atoms. The summed E-state index contributed by atoms with van der Waals surface area (Å²) in [6, 6.07) is 7.86. The number of carbonyl (C=O) groups excluding carboxylic acids is 1. The first-order valence-corrected chi connectivity index (χ1v) is 5.79. The average molecular weight is 283 g/mol. The molecule has 0 aliphatic heterocycles. The zero-order chi connectivity index (χ0) is 13.8. The van der Waals surface area contributed by atoms with Gasteiger partial charge >= 0.3 is 0 Å². The second-order valence-electron chi connectivity index (χ2n) is 3.88. The molecule has 98 valence electrons. The van der Waals surface area contributed by atoms with E-state index in [2.05, 4.69) is 0 Å². The third kappa shape index (κ3) is 3.51. The van der Waals surface area contributed by atoms with Crippen LogP contribution >= 0.6 is 11.6 Å². The average Bonchev–Trinajstić information content (AvgIpc) is 2.39. The zero-order valence-electron chi connectivity index (χ0n) is 9.70. The van der Waals surface area contributed by atoms with Gasteiger partial charge in [-0.25, -0.2) is 8.78 Å². The molecule has 0 aromatic heterocycles. The molecular formula is C14H9ClF2O2. The summed E-state index contributed by atoms with van der Waals surface area (Å²) in [5, 5.41) is -0.00563. The molecule has 0 amide bonds. The fourth-order valence-electron chi connectivity index (χ4n) is 1.53. The molecule has 0 saturated heterocycles. The van der Waals surface area contributed by atoms with Gasteiger partial charge in [-0.15, -0.1) is 0 Å². The van der Waals surface area contributed by atoms with Crippen molar-refractivity contribution < 1.29 is 18.3 Å². The van der Waals surface area contributed by atoms with Crippen molar-refractivity contribution in [1.82, 2.24) is 0 Å². The SMILES string of the molecule is O=Cc1cc(F)cc(OCc2ccc(F)c(Cl)c2)c1. The van der Waals surface area contributed by atoms with Crippen LogP contribution in [-0.4, -0.2) is 6.29 Å². The Morgan fingerprint density at radius 2 is 1.95 bits per heavy atom. The van der Waals surface area contributed by atoms with E-state index in [9.17, 15) is 13.6 Å². The van der Waals surface area contributed by atoms with Crippen LogP contribution in [0, 0.1) is 11.6 Å². The summed E-state index contributed by atoms with van der Waals surface area (Å²) in [6.45, 7) is 0.0990. The highest BCUT2D eigenvalue weighted by Gasteiger charge is 2.04. The Balaban J connectivity index is 2.11. The topological polar surface area (TPSA) is 26.3 Å². The van der Waals surface area contributed by atoms with Gasteiger partial charge in [0.1, 0.15) is 30.3 Å². The van der Waals surface area contributed by atoms with E-state index < -0.39 is 11.6 Å². The van der Waals surface area contributed by atoms with Crippen LogP contribution in [0.1, 0.15) is 15.9 Å². The molecule has 0 saturated carbocycles. The van der Waals surface area contributed by atoms with Crippen molar-refractivity contribution in [2.45, 2.75) is 6.61 Å². The lowest BCUT2D eigenvalue weighted by Gasteiger charge is -2.07. The van der Waals surface area contributed by atoms with Crippen molar-refractivity contribution in [3.63, 3.8) is 0 Å². The second kappa shape index (κ2) is 5.80. The van der Waals surface area contributed by atoms with Crippen molar-refractivity contribution in [2.24, 2.45) is 0 Å². The maximum absolute atomic E-state index is 13.1. The zero-order valence-corrected chi connectivity index (χ0v) is 10.5. The highest BCUT2D eigenvalue weighted by Crippen LogP contribution is 2.19. The lowest BCUT2D eigenvalue weighted by atomic mass is 10.2. The van der Waals surface area contributed by atoms with Crippen LogP contribution in [0.4, 0.5) is 8.78 Å². The van der Waals surface area contributed by atoms with E-state index in [1.165, 1.54) is 24.3 Å². The fraction of sp³-hybridized carbons (Fsp3) is 0.0714. The first-order chi connectivity index (χ1) is 9.08.